The third-order valence-corrected chi connectivity index (χ3v) is 4.03. The van der Waals surface area contributed by atoms with E-state index in [0.717, 1.165) is 19.4 Å². The van der Waals surface area contributed by atoms with Crippen LogP contribution in [0.5, 0.6) is 0 Å². The lowest BCUT2D eigenvalue weighted by atomic mass is 10.0. The molecule has 0 aromatic carbocycles. The van der Waals surface area contributed by atoms with Gasteiger partial charge in [0, 0.05) is 24.1 Å². The average molecular weight is 397 g/mol. The maximum Gasteiger partial charge on any atom is 0.458 e. The van der Waals surface area contributed by atoms with Crippen LogP contribution in [0.3, 0.4) is 0 Å². The molecule has 4 aromatic rings. The highest BCUT2D eigenvalue weighted by Gasteiger charge is 2.59. The van der Waals surface area contributed by atoms with E-state index in [9.17, 15) is 26.7 Å². The Hall–Kier alpha value is -3.44. The van der Waals surface area contributed by atoms with Crippen LogP contribution in [0.4, 0.5) is 22.0 Å². The Labute approximate surface area is 151 Å². The first kappa shape index (κ1) is 17.9. The summed E-state index contributed by atoms with van der Waals surface area (Å²) in [5, 5.41) is 6.67. The van der Waals surface area contributed by atoms with Crippen molar-refractivity contribution in [3.8, 4) is 11.6 Å². The number of pyridine rings is 2. The summed E-state index contributed by atoms with van der Waals surface area (Å²) in [6, 6.07) is 2.74. The highest BCUT2D eigenvalue weighted by atomic mass is 19.4. The molecule has 7 nitrogen and oxygen atoms in total. The molecule has 28 heavy (non-hydrogen) atoms. The van der Waals surface area contributed by atoms with Gasteiger partial charge in [0.1, 0.15) is 22.7 Å². The molecule has 144 valence electrons. The number of imidazole rings is 1. The minimum absolute atomic E-state index is 0.0143. The topological polar surface area (TPSA) is 86.2 Å². The number of ketones is 1. The molecule has 4 rings (SSSR count). The van der Waals surface area contributed by atoms with E-state index in [2.05, 4.69) is 20.2 Å². The third-order valence-electron chi connectivity index (χ3n) is 4.03. The summed E-state index contributed by atoms with van der Waals surface area (Å²) in [6.07, 6.45) is -3.52. The van der Waals surface area contributed by atoms with Crippen molar-refractivity contribution in [2.75, 3.05) is 0 Å². The molecule has 4 aromatic heterocycles. The molecule has 0 aliphatic heterocycles. The van der Waals surface area contributed by atoms with E-state index in [1.807, 2.05) is 0 Å². The van der Waals surface area contributed by atoms with Crippen LogP contribution >= 0.6 is 0 Å². The van der Waals surface area contributed by atoms with E-state index in [-0.39, 0.29) is 22.9 Å². The van der Waals surface area contributed by atoms with Crippen molar-refractivity contribution in [3.63, 3.8) is 0 Å². The van der Waals surface area contributed by atoms with E-state index < -0.39 is 34.5 Å². The standard InChI is InChI=1S/C16H8F5N5O2/c1-7(27)10-4-9(15(17,18)16(19,20)21)8-2-3-12-23-11(14-25-22-6-28-14)5-26(12)13(8)24-10/h2-6H,1H3. The lowest BCUT2D eigenvalue weighted by Gasteiger charge is -2.22. The van der Waals surface area contributed by atoms with Crippen molar-refractivity contribution in [2.45, 2.75) is 19.0 Å². The summed E-state index contributed by atoms with van der Waals surface area (Å²) in [6.45, 7) is 1.02. The fourth-order valence-electron chi connectivity index (χ4n) is 2.71. The Bertz CT molecular complexity index is 1210. The Morgan fingerprint density at radius 3 is 2.50 bits per heavy atom. The first-order valence-electron chi connectivity index (χ1n) is 7.65. The number of alkyl halides is 5. The second-order valence-corrected chi connectivity index (χ2v) is 5.85. The smallest absolute Gasteiger partial charge is 0.422 e. The first-order chi connectivity index (χ1) is 13.1. The van der Waals surface area contributed by atoms with Gasteiger partial charge >= 0.3 is 12.1 Å². The van der Waals surface area contributed by atoms with Gasteiger partial charge in [-0.1, -0.05) is 0 Å². The van der Waals surface area contributed by atoms with Crippen LogP contribution < -0.4 is 0 Å². The summed E-state index contributed by atoms with van der Waals surface area (Å²) >= 11 is 0. The number of fused-ring (bicyclic) bond motifs is 3. The molecule has 0 spiro atoms. The van der Waals surface area contributed by atoms with Crippen LogP contribution in [0, 0.1) is 0 Å². The maximum absolute atomic E-state index is 14.1. The van der Waals surface area contributed by atoms with E-state index in [4.69, 9.17) is 4.42 Å². The summed E-state index contributed by atoms with van der Waals surface area (Å²) in [5.74, 6) is -5.95. The molecule has 0 radical (unpaired) electrons. The molecule has 0 atom stereocenters. The van der Waals surface area contributed by atoms with Gasteiger partial charge in [-0.3, -0.25) is 9.20 Å². The number of carbonyl (C=O) groups excluding carboxylic acids is 1. The molecule has 0 aliphatic rings. The number of nitrogens with zero attached hydrogens (tertiary/aromatic N) is 5. The van der Waals surface area contributed by atoms with Gasteiger partial charge in [-0.2, -0.15) is 22.0 Å². The molecular weight excluding hydrogens is 389 g/mol. The van der Waals surface area contributed by atoms with Crippen molar-refractivity contribution in [3.05, 3.63) is 42.0 Å². The summed E-state index contributed by atoms with van der Waals surface area (Å²) in [5.41, 5.74) is -1.86. The number of Topliss-reactive ketones (excluding diaryl/α,β-unsaturated/α-hetero) is 1. The summed E-state index contributed by atoms with van der Waals surface area (Å²) in [4.78, 5) is 19.8. The molecule has 0 amide bonds. The SMILES string of the molecule is CC(=O)c1cc(C(F)(F)C(F)(F)F)c2ccc3nc(-c4nnco4)cn3c2n1. The van der Waals surface area contributed by atoms with Gasteiger partial charge in [0.2, 0.25) is 6.39 Å². The predicted molar refractivity (Wildman–Crippen MR) is 83.7 cm³/mol. The monoisotopic (exact) mass is 397 g/mol. The average Bonchev–Trinajstić information content (AvgIpc) is 3.28. The number of halogens is 5. The van der Waals surface area contributed by atoms with Crippen molar-refractivity contribution >= 4 is 22.5 Å². The molecule has 0 bridgehead atoms. The Morgan fingerprint density at radius 1 is 1.14 bits per heavy atom. The fourth-order valence-corrected chi connectivity index (χ4v) is 2.71. The first-order valence-corrected chi connectivity index (χ1v) is 7.65. The summed E-state index contributed by atoms with van der Waals surface area (Å²) < 4.78 is 73.4. The van der Waals surface area contributed by atoms with Gasteiger partial charge in [0.05, 0.1) is 0 Å². The summed E-state index contributed by atoms with van der Waals surface area (Å²) in [7, 11) is 0. The number of carbonyl (C=O) groups is 1. The van der Waals surface area contributed by atoms with Crippen molar-refractivity contribution in [1.29, 1.82) is 0 Å². The fraction of sp³-hybridized carbons (Fsp3) is 0.188. The normalized spacial score (nSPS) is 12.8. The minimum Gasteiger partial charge on any atom is -0.422 e. The highest BCUT2D eigenvalue weighted by Crippen LogP contribution is 2.46. The second-order valence-electron chi connectivity index (χ2n) is 5.85. The molecule has 0 unspecified atom stereocenters. The number of hydrogen-bond acceptors (Lipinski definition) is 6. The highest BCUT2D eigenvalue weighted by molar-refractivity contribution is 5.96. The molecule has 0 N–H and O–H groups in total. The van der Waals surface area contributed by atoms with Crippen molar-refractivity contribution in [1.82, 2.24) is 24.6 Å². The van der Waals surface area contributed by atoms with Crippen molar-refractivity contribution in [2.24, 2.45) is 0 Å². The largest absolute Gasteiger partial charge is 0.458 e. The van der Waals surface area contributed by atoms with Gasteiger partial charge in [0.25, 0.3) is 5.89 Å². The van der Waals surface area contributed by atoms with Crippen LogP contribution in [-0.4, -0.2) is 36.5 Å². The lowest BCUT2D eigenvalue weighted by molar-refractivity contribution is -0.288. The van der Waals surface area contributed by atoms with E-state index in [1.54, 1.807) is 0 Å². The van der Waals surface area contributed by atoms with Crippen LogP contribution in [0.2, 0.25) is 0 Å². The Morgan fingerprint density at radius 2 is 1.89 bits per heavy atom. The minimum atomic E-state index is -5.85. The number of aromatic nitrogens is 5. The van der Waals surface area contributed by atoms with Gasteiger partial charge in [-0.15, -0.1) is 10.2 Å². The van der Waals surface area contributed by atoms with E-state index in [0.29, 0.717) is 6.07 Å². The molecule has 12 heteroatoms. The quantitative estimate of drug-likeness (QED) is 0.386. The van der Waals surface area contributed by atoms with Crippen molar-refractivity contribution < 1.29 is 31.2 Å². The lowest BCUT2D eigenvalue weighted by Crippen LogP contribution is -2.34. The molecule has 0 saturated carbocycles. The van der Waals surface area contributed by atoms with E-state index >= 15 is 0 Å². The third kappa shape index (κ3) is 2.60. The van der Waals surface area contributed by atoms with Crippen LogP contribution in [0.25, 0.3) is 28.3 Å². The molecule has 0 aliphatic carbocycles. The zero-order valence-corrected chi connectivity index (χ0v) is 13.8. The van der Waals surface area contributed by atoms with E-state index in [1.165, 1.54) is 16.7 Å². The predicted octanol–water partition coefficient (Wildman–Crippen LogP) is 3.79. The second kappa shape index (κ2) is 5.78. The number of hydrogen-bond donors (Lipinski definition) is 0. The maximum atomic E-state index is 14.1. The number of rotatable bonds is 3. The van der Waals surface area contributed by atoms with Crippen LogP contribution in [-0.2, 0) is 5.92 Å². The van der Waals surface area contributed by atoms with Gasteiger partial charge < -0.3 is 4.42 Å². The van der Waals surface area contributed by atoms with Gasteiger partial charge in [-0.25, -0.2) is 9.97 Å². The van der Waals surface area contributed by atoms with Gasteiger partial charge in [0.15, 0.2) is 5.78 Å². The Balaban J connectivity index is 2.08. The molecule has 0 fully saturated rings. The zero-order chi connectivity index (χ0) is 20.3. The molecule has 0 saturated heterocycles. The molecular formula is C16H8F5N5O2. The zero-order valence-electron chi connectivity index (χ0n) is 13.8. The van der Waals surface area contributed by atoms with Crippen LogP contribution in [0.15, 0.2) is 35.2 Å². The Kier molecular flexibility index (Phi) is 3.70. The van der Waals surface area contributed by atoms with Crippen LogP contribution in [0.1, 0.15) is 23.0 Å². The molecule has 4 heterocycles. The van der Waals surface area contributed by atoms with Gasteiger partial charge in [-0.05, 0) is 18.2 Å².